The van der Waals surface area contributed by atoms with Gasteiger partial charge in [0.05, 0.1) is 11.9 Å². The average Bonchev–Trinajstić information content (AvgIpc) is 2.72. The van der Waals surface area contributed by atoms with Gasteiger partial charge in [0.2, 0.25) is 0 Å². The lowest BCUT2D eigenvalue weighted by atomic mass is 9.95. The van der Waals surface area contributed by atoms with Gasteiger partial charge in [0.1, 0.15) is 5.69 Å². The number of nitrogens with two attached hydrogens (primary N) is 1. The van der Waals surface area contributed by atoms with E-state index in [-0.39, 0.29) is 6.54 Å². The van der Waals surface area contributed by atoms with Crippen LogP contribution in [-0.2, 0) is 17.5 Å². The first kappa shape index (κ1) is 25.4. The molecule has 2 rings (SSSR count). The summed E-state index contributed by atoms with van der Waals surface area (Å²) < 4.78 is 38.9. The number of nitrogens with one attached hydrogen (secondary N) is 1. The number of alkyl halides is 3. The monoisotopic (exact) mass is 467 g/mol. The fraction of sp³-hybridized carbons (Fsp3) is 0.318. The summed E-state index contributed by atoms with van der Waals surface area (Å²) in [5, 5.41) is 3.66. The van der Waals surface area contributed by atoms with Crippen molar-refractivity contribution in [3.63, 3.8) is 0 Å². The summed E-state index contributed by atoms with van der Waals surface area (Å²) >= 11 is 5.91. The molecule has 172 valence electrons. The lowest BCUT2D eigenvalue weighted by Gasteiger charge is -2.30. The van der Waals surface area contributed by atoms with Gasteiger partial charge < -0.3 is 11.1 Å². The molecule has 10 heteroatoms. The number of amides is 1. The van der Waals surface area contributed by atoms with Gasteiger partial charge in [0.25, 0.3) is 5.91 Å². The fourth-order valence-electron chi connectivity index (χ4n) is 3.20. The first-order valence-corrected chi connectivity index (χ1v) is 10.1. The van der Waals surface area contributed by atoms with Crippen LogP contribution >= 0.6 is 11.6 Å². The molecule has 6 nitrogen and oxygen atoms in total. The summed E-state index contributed by atoms with van der Waals surface area (Å²) in [6, 6.07) is 2.58. The Kier molecular flexibility index (Phi) is 8.80. The van der Waals surface area contributed by atoms with E-state index in [0.29, 0.717) is 41.4 Å². The van der Waals surface area contributed by atoms with Crippen LogP contribution in [0, 0.1) is 0 Å². The van der Waals surface area contributed by atoms with Crippen LogP contribution in [0.5, 0.6) is 0 Å². The van der Waals surface area contributed by atoms with E-state index in [9.17, 15) is 18.0 Å². The van der Waals surface area contributed by atoms with Gasteiger partial charge in [-0.25, -0.2) is 0 Å². The molecule has 32 heavy (non-hydrogen) atoms. The van der Waals surface area contributed by atoms with E-state index in [0.717, 1.165) is 29.7 Å². The number of carbonyl (C=O) groups excluding carboxylic acids is 1. The second-order valence-corrected chi connectivity index (χ2v) is 7.75. The zero-order valence-corrected chi connectivity index (χ0v) is 18.6. The van der Waals surface area contributed by atoms with E-state index < -0.39 is 17.8 Å². The minimum absolute atomic E-state index is 0.268. The smallest absolute Gasteiger partial charge is 0.388 e. The minimum Gasteiger partial charge on any atom is -0.388 e. The molecule has 1 amide bonds. The van der Waals surface area contributed by atoms with Crippen LogP contribution in [0.1, 0.15) is 24.6 Å². The third kappa shape index (κ3) is 7.35. The van der Waals surface area contributed by atoms with Gasteiger partial charge >= 0.3 is 6.18 Å². The van der Waals surface area contributed by atoms with Gasteiger partial charge in [0.15, 0.2) is 0 Å². The minimum atomic E-state index is -4.51. The van der Waals surface area contributed by atoms with E-state index in [1.165, 1.54) is 0 Å². The lowest BCUT2D eigenvalue weighted by molar-refractivity contribution is -0.141. The summed E-state index contributed by atoms with van der Waals surface area (Å²) in [4.78, 5) is 20.8. The molecule has 3 N–H and O–H groups in total. The van der Waals surface area contributed by atoms with Crippen molar-refractivity contribution in [2.45, 2.75) is 26.1 Å². The van der Waals surface area contributed by atoms with E-state index in [2.05, 4.69) is 21.9 Å². The third-order valence-corrected chi connectivity index (χ3v) is 4.83. The third-order valence-electron chi connectivity index (χ3n) is 4.71. The topological polar surface area (TPSA) is 83.6 Å². The Morgan fingerprint density at radius 2 is 2.16 bits per heavy atom. The molecule has 1 aliphatic rings. The number of allylic oxidation sites excluding steroid dienone is 4. The zero-order valence-electron chi connectivity index (χ0n) is 17.8. The van der Waals surface area contributed by atoms with Crippen LogP contribution in [-0.4, -0.2) is 42.1 Å². The highest BCUT2D eigenvalue weighted by molar-refractivity contribution is 6.29. The number of rotatable bonds is 8. The number of aromatic nitrogens is 1. The molecule has 0 aliphatic carbocycles. The van der Waals surface area contributed by atoms with Gasteiger partial charge in [-0.3, -0.25) is 19.7 Å². The van der Waals surface area contributed by atoms with Gasteiger partial charge in [-0.05, 0) is 54.3 Å². The number of likely N-dealkylation sites (N-methyl/N-ethyl adjacent to an activating group) is 1. The second kappa shape index (κ2) is 11.1. The highest BCUT2D eigenvalue weighted by atomic mass is 35.5. The standard InChI is InChI=1S/C22H25ClF3N5O/c1-14(23)4-5-18(28-3)15(2)17-7-9-31(13-19(17)30-11-21(27)32)12-16-6-8-29-20(10-16)22(24,25)26/h4-6,8,10-11,28H,2,7,9,12-13H2,1,3H3,(H2,27,32)/b14-4+,18-5-,30-11+. The van der Waals surface area contributed by atoms with E-state index >= 15 is 0 Å². The molecule has 0 spiro atoms. The highest BCUT2D eigenvalue weighted by Gasteiger charge is 2.32. The molecule has 0 bridgehead atoms. The molecule has 0 atom stereocenters. The molecule has 1 aromatic heterocycles. The average molecular weight is 468 g/mol. The van der Waals surface area contributed by atoms with E-state index in [1.54, 1.807) is 32.2 Å². The Labute approximate surface area is 190 Å². The normalized spacial score (nSPS) is 16.6. The number of halogens is 4. The molecule has 0 saturated heterocycles. The summed E-state index contributed by atoms with van der Waals surface area (Å²) in [6.45, 7) is 7.04. The Hall–Kier alpha value is -2.91. The highest BCUT2D eigenvalue weighted by Crippen LogP contribution is 2.30. The fourth-order valence-corrected chi connectivity index (χ4v) is 3.27. The lowest BCUT2D eigenvalue weighted by Crippen LogP contribution is -2.32. The maximum Gasteiger partial charge on any atom is 0.433 e. The SMILES string of the molecule is C=C(C1=C(/N=C/C(N)=O)CN(Cc2ccnc(C(F)(F)F)c2)CC1)/C(=C/C=C(\C)Cl)NC. The van der Waals surface area contributed by atoms with Crippen molar-refractivity contribution < 1.29 is 18.0 Å². The molecule has 2 heterocycles. The van der Waals surface area contributed by atoms with Crippen LogP contribution in [0.2, 0.25) is 0 Å². The number of primary amides is 1. The van der Waals surface area contributed by atoms with Crippen LogP contribution in [0.4, 0.5) is 13.2 Å². The zero-order chi connectivity index (χ0) is 23.9. The number of carbonyl (C=O) groups is 1. The quantitative estimate of drug-likeness (QED) is 0.448. The van der Waals surface area contributed by atoms with Crippen molar-refractivity contribution >= 4 is 23.7 Å². The van der Waals surface area contributed by atoms with Crippen LogP contribution in [0.15, 0.2) is 69.6 Å². The predicted octanol–water partition coefficient (Wildman–Crippen LogP) is 3.92. The van der Waals surface area contributed by atoms with Crippen molar-refractivity contribution in [2.24, 2.45) is 10.7 Å². The Morgan fingerprint density at radius 3 is 2.75 bits per heavy atom. The van der Waals surface area contributed by atoms with Gasteiger partial charge in [-0.2, -0.15) is 13.2 Å². The molecular formula is C22H25ClF3N5O. The van der Waals surface area contributed by atoms with Gasteiger partial charge in [-0.1, -0.05) is 18.2 Å². The molecule has 0 unspecified atom stereocenters. The maximum absolute atomic E-state index is 13.0. The summed E-state index contributed by atoms with van der Waals surface area (Å²) in [6.07, 6.45) is 1.70. The molecule has 0 fully saturated rings. The number of nitrogens with zero attached hydrogens (tertiary/aromatic N) is 3. The van der Waals surface area contributed by atoms with Gasteiger partial charge in [-0.15, -0.1) is 0 Å². The van der Waals surface area contributed by atoms with Crippen LogP contribution in [0.3, 0.4) is 0 Å². The number of hydrogen-bond acceptors (Lipinski definition) is 5. The van der Waals surface area contributed by atoms with E-state index in [1.807, 2.05) is 4.90 Å². The van der Waals surface area contributed by atoms with Crippen LogP contribution in [0.25, 0.3) is 0 Å². The summed E-state index contributed by atoms with van der Waals surface area (Å²) in [7, 11) is 1.75. The Morgan fingerprint density at radius 1 is 1.44 bits per heavy atom. The van der Waals surface area contributed by atoms with Crippen LogP contribution < -0.4 is 11.1 Å². The van der Waals surface area contributed by atoms with Crippen molar-refractivity contribution in [1.29, 1.82) is 0 Å². The molecule has 0 radical (unpaired) electrons. The van der Waals surface area contributed by atoms with Gasteiger partial charge in [0, 0.05) is 43.6 Å². The summed E-state index contributed by atoms with van der Waals surface area (Å²) in [5.74, 6) is -0.700. The second-order valence-electron chi connectivity index (χ2n) is 7.16. The first-order chi connectivity index (χ1) is 15.0. The van der Waals surface area contributed by atoms with Crippen molar-refractivity contribution in [2.75, 3.05) is 20.1 Å². The maximum atomic E-state index is 13.0. The number of hydrogen-bond donors (Lipinski definition) is 2. The largest absolute Gasteiger partial charge is 0.433 e. The molecular weight excluding hydrogens is 443 g/mol. The Bertz CT molecular complexity index is 992. The Balaban J connectivity index is 2.32. The van der Waals surface area contributed by atoms with Crippen molar-refractivity contribution in [3.8, 4) is 0 Å². The number of aliphatic imine (C=N–C) groups is 1. The summed E-state index contributed by atoms with van der Waals surface area (Å²) in [5.41, 5.74) is 7.55. The molecule has 1 aromatic rings. The van der Waals surface area contributed by atoms with Crippen molar-refractivity contribution in [1.82, 2.24) is 15.2 Å². The number of pyridine rings is 1. The van der Waals surface area contributed by atoms with Crippen molar-refractivity contribution in [3.05, 3.63) is 75.9 Å². The first-order valence-electron chi connectivity index (χ1n) is 9.72. The molecule has 0 aromatic carbocycles. The van der Waals surface area contributed by atoms with E-state index in [4.69, 9.17) is 17.3 Å². The predicted molar refractivity (Wildman–Crippen MR) is 120 cm³/mol. The molecule has 1 aliphatic heterocycles. The molecule has 0 saturated carbocycles.